The molecule has 0 aliphatic heterocycles. The summed E-state index contributed by atoms with van der Waals surface area (Å²) in [6, 6.07) is 17.8. The SMILES string of the molecule is CCCOc1ccc(NC(=O)CCn2ccc3ccccc32)cc1. The molecule has 0 spiro atoms. The standard InChI is InChI=1S/C20H22N2O2/c1-2-15-24-18-9-7-17(8-10-18)21-20(23)12-14-22-13-11-16-5-3-4-6-19(16)22/h3-11,13H,2,12,14-15H2,1H3,(H,21,23). The lowest BCUT2D eigenvalue weighted by Gasteiger charge is -2.09. The molecule has 0 aliphatic carbocycles. The van der Waals surface area contributed by atoms with Gasteiger partial charge in [-0.25, -0.2) is 0 Å². The van der Waals surface area contributed by atoms with Gasteiger partial charge in [0.2, 0.25) is 5.91 Å². The van der Waals surface area contributed by atoms with E-state index in [0.29, 0.717) is 19.6 Å². The number of aromatic nitrogens is 1. The molecular weight excluding hydrogens is 300 g/mol. The molecule has 4 nitrogen and oxygen atoms in total. The normalized spacial score (nSPS) is 10.7. The predicted molar refractivity (Wildman–Crippen MR) is 97.4 cm³/mol. The fourth-order valence-corrected chi connectivity index (χ4v) is 2.64. The minimum Gasteiger partial charge on any atom is -0.494 e. The van der Waals surface area contributed by atoms with Crippen LogP contribution in [0.3, 0.4) is 0 Å². The molecule has 0 saturated heterocycles. The van der Waals surface area contributed by atoms with E-state index < -0.39 is 0 Å². The van der Waals surface area contributed by atoms with Crippen LogP contribution in [0.15, 0.2) is 60.8 Å². The summed E-state index contributed by atoms with van der Waals surface area (Å²) in [7, 11) is 0. The Kier molecular flexibility index (Phi) is 5.16. The summed E-state index contributed by atoms with van der Waals surface area (Å²) >= 11 is 0. The first kappa shape index (κ1) is 16.1. The molecule has 3 aromatic rings. The van der Waals surface area contributed by atoms with E-state index in [0.717, 1.165) is 23.4 Å². The summed E-state index contributed by atoms with van der Waals surface area (Å²) in [6.45, 7) is 3.44. The number of anilines is 1. The fraction of sp³-hybridized carbons (Fsp3) is 0.250. The molecule has 1 aromatic heterocycles. The Morgan fingerprint density at radius 1 is 1.08 bits per heavy atom. The van der Waals surface area contributed by atoms with Gasteiger partial charge in [0, 0.05) is 30.4 Å². The third-order valence-corrected chi connectivity index (χ3v) is 3.87. The highest BCUT2D eigenvalue weighted by atomic mass is 16.5. The molecular formula is C20H22N2O2. The van der Waals surface area contributed by atoms with Gasteiger partial charge in [-0.1, -0.05) is 25.1 Å². The van der Waals surface area contributed by atoms with Crippen molar-refractivity contribution in [2.75, 3.05) is 11.9 Å². The van der Waals surface area contributed by atoms with E-state index in [1.54, 1.807) is 0 Å². The van der Waals surface area contributed by atoms with Gasteiger partial charge < -0.3 is 14.6 Å². The molecule has 1 heterocycles. The van der Waals surface area contributed by atoms with Gasteiger partial charge in [0.15, 0.2) is 0 Å². The van der Waals surface area contributed by atoms with Crippen molar-refractivity contribution < 1.29 is 9.53 Å². The maximum absolute atomic E-state index is 12.1. The Morgan fingerprint density at radius 2 is 1.88 bits per heavy atom. The van der Waals surface area contributed by atoms with Crippen LogP contribution in [-0.4, -0.2) is 17.1 Å². The average Bonchev–Trinajstić information content (AvgIpc) is 3.03. The predicted octanol–water partition coefficient (Wildman–Crippen LogP) is 4.46. The quantitative estimate of drug-likeness (QED) is 0.698. The second-order valence-corrected chi connectivity index (χ2v) is 5.74. The molecule has 0 saturated carbocycles. The van der Waals surface area contributed by atoms with Crippen molar-refractivity contribution in [3.8, 4) is 5.75 Å². The van der Waals surface area contributed by atoms with Gasteiger partial charge in [-0.3, -0.25) is 4.79 Å². The number of nitrogens with zero attached hydrogens (tertiary/aromatic N) is 1. The van der Waals surface area contributed by atoms with Crippen LogP contribution in [0.25, 0.3) is 10.9 Å². The Labute approximate surface area is 142 Å². The lowest BCUT2D eigenvalue weighted by Crippen LogP contribution is -2.14. The zero-order valence-electron chi connectivity index (χ0n) is 13.9. The number of rotatable bonds is 7. The van der Waals surface area contributed by atoms with Crippen LogP contribution < -0.4 is 10.1 Å². The number of aryl methyl sites for hydroxylation is 1. The van der Waals surface area contributed by atoms with E-state index in [-0.39, 0.29) is 5.91 Å². The molecule has 0 atom stereocenters. The highest BCUT2D eigenvalue weighted by molar-refractivity contribution is 5.90. The average molecular weight is 322 g/mol. The molecule has 3 rings (SSSR count). The zero-order chi connectivity index (χ0) is 16.8. The van der Waals surface area contributed by atoms with Gasteiger partial charge in [0.25, 0.3) is 0 Å². The van der Waals surface area contributed by atoms with E-state index >= 15 is 0 Å². The Bertz CT molecular complexity index is 806. The van der Waals surface area contributed by atoms with Crippen molar-refractivity contribution in [2.45, 2.75) is 26.3 Å². The van der Waals surface area contributed by atoms with Crippen LogP contribution in [-0.2, 0) is 11.3 Å². The topological polar surface area (TPSA) is 43.3 Å². The molecule has 1 N–H and O–H groups in total. The van der Waals surface area contributed by atoms with Crippen molar-refractivity contribution in [1.29, 1.82) is 0 Å². The molecule has 0 bridgehead atoms. The number of nitrogens with one attached hydrogen (secondary N) is 1. The smallest absolute Gasteiger partial charge is 0.226 e. The van der Waals surface area contributed by atoms with Crippen LogP contribution in [0.5, 0.6) is 5.75 Å². The van der Waals surface area contributed by atoms with Gasteiger partial charge in [0.05, 0.1) is 6.61 Å². The van der Waals surface area contributed by atoms with Crippen LogP contribution in [0, 0.1) is 0 Å². The van der Waals surface area contributed by atoms with E-state index in [1.807, 2.05) is 42.6 Å². The van der Waals surface area contributed by atoms with Crippen molar-refractivity contribution >= 4 is 22.5 Å². The largest absolute Gasteiger partial charge is 0.494 e. The van der Waals surface area contributed by atoms with Crippen LogP contribution in [0.1, 0.15) is 19.8 Å². The van der Waals surface area contributed by atoms with E-state index in [9.17, 15) is 4.79 Å². The van der Waals surface area contributed by atoms with E-state index in [4.69, 9.17) is 4.74 Å². The van der Waals surface area contributed by atoms with Crippen molar-refractivity contribution in [3.05, 3.63) is 60.8 Å². The summed E-state index contributed by atoms with van der Waals surface area (Å²) in [6.07, 6.45) is 3.44. The Balaban J connectivity index is 1.54. The maximum Gasteiger partial charge on any atom is 0.226 e. The molecule has 1 amide bonds. The van der Waals surface area contributed by atoms with Crippen molar-refractivity contribution in [1.82, 2.24) is 4.57 Å². The Hall–Kier alpha value is -2.75. The van der Waals surface area contributed by atoms with Gasteiger partial charge in [-0.15, -0.1) is 0 Å². The molecule has 24 heavy (non-hydrogen) atoms. The number of ether oxygens (including phenoxy) is 1. The second kappa shape index (κ2) is 7.68. The number of fused-ring (bicyclic) bond motifs is 1. The minimum absolute atomic E-state index is 0.00927. The third kappa shape index (κ3) is 3.96. The number of para-hydroxylation sites is 1. The first-order valence-electron chi connectivity index (χ1n) is 8.33. The van der Waals surface area contributed by atoms with E-state index in [2.05, 4.69) is 35.0 Å². The van der Waals surface area contributed by atoms with Crippen LogP contribution >= 0.6 is 0 Å². The Morgan fingerprint density at radius 3 is 2.67 bits per heavy atom. The summed E-state index contributed by atoms with van der Waals surface area (Å²) in [4.78, 5) is 12.1. The zero-order valence-corrected chi connectivity index (χ0v) is 13.9. The third-order valence-electron chi connectivity index (χ3n) is 3.87. The fourth-order valence-electron chi connectivity index (χ4n) is 2.64. The number of hydrogen-bond acceptors (Lipinski definition) is 2. The summed E-state index contributed by atoms with van der Waals surface area (Å²) in [5, 5.41) is 4.12. The monoisotopic (exact) mass is 322 g/mol. The second-order valence-electron chi connectivity index (χ2n) is 5.74. The lowest BCUT2D eigenvalue weighted by molar-refractivity contribution is -0.116. The number of benzene rings is 2. The van der Waals surface area contributed by atoms with Gasteiger partial charge in [-0.05, 0) is 48.2 Å². The highest BCUT2D eigenvalue weighted by Crippen LogP contribution is 2.17. The van der Waals surface area contributed by atoms with Gasteiger partial charge >= 0.3 is 0 Å². The van der Waals surface area contributed by atoms with E-state index in [1.165, 1.54) is 5.39 Å². The number of hydrogen-bond donors (Lipinski definition) is 1. The lowest BCUT2D eigenvalue weighted by atomic mass is 10.2. The molecule has 2 aromatic carbocycles. The first-order valence-corrected chi connectivity index (χ1v) is 8.33. The molecule has 0 aliphatic rings. The van der Waals surface area contributed by atoms with Gasteiger partial charge in [0.1, 0.15) is 5.75 Å². The molecule has 0 unspecified atom stereocenters. The molecule has 124 valence electrons. The number of carbonyl (C=O) groups excluding carboxylic acids is 1. The van der Waals surface area contributed by atoms with Crippen molar-refractivity contribution in [3.63, 3.8) is 0 Å². The van der Waals surface area contributed by atoms with Gasteiger partial charge in [-0.2, -0.15) is 0 Å². The summed E-state index contributed by atoms with van der Waals surface area (Å²) < 4.78 is 7.64. The molecule has 0 radical (unpaired) electrons. The van der Waals surface area contributed by atoms with Crippen molar-refractivity contribution in [2.24, 2.45) is 0 Å². The molecule has 0 fully saturated rings. The minimum atomic E-state index is 0.00927. The summed E-state index contributed by atoms with van der Waals surface area (Å²) in [5.41, 5.74) is 1.95. The molecule has 4 heteroatoms. The number of carbonyl (C=O) groups is 1. The summed E-state index contributed by atoms with van der Waals surface area (Å²) in [5.74, 6) is 0.837. The van der Waals surface area contributed by atoms with Crippen LogP contribution in [0.2, 0.25) is 0 Å². The van der Waals surface area contributed by atoms with Crippen LogP contribution in [0.4, 0.5) is 5.69 Å². The number of amides is 1. The maximum atomic E-state index is 12.1. The first-order chi connectivity index (χ1) is 11.8. The highest BCUT2D eigenvalue weighted by Gasteiger charge is 2.05.